The molecule has 0 aromatic carbocycles. The van der Waals surface area contributed by atoms with Gasteiger partial charge in [-0.2, -0.15) is 0 Å². The van der Waals surface area contributed by atoms with Gasteiger partial charge in [0, 0.05) is 9.84 Å². The zero-order chi connectivity index (χ0) is 17.9. The molecule has 0 saturated heterocycles. The number of hydrogen-bond donors (Lipinski definition) is 0. The third-order valence-electron chi connectivity index (χ3n) is 8.56. The summed E-state index contributed by atoms with van der Waals surface area (Å²) in [6.07, 6.45) is 23.8. The van der Waals surface area contributed by atoms with Crippen molar-refractivity contribution in [1.82, 2.24) is 0 Å². The van der Waals surface area contributed by atoms with Gasteiger partial charge in [-0.1, -0.05) is 90.8 Å². The molecule has 1 heteroatoms. The monoisotopic (exact) mass is 460 g/mol. The van der Waals surface area contributed by atoms with Crippen molar-refractivity contribution in [2.24, 2.45) is 35.0 Å². The molecule has 0 spiro atoms. The van der Waals surface area contributed by atoms with Gasteiger partial charge in [0.25, 0.3) is 0 Å². The smallest absolute Gasteiger partial charge is 0.0320 e. The molecule has 5 aliphatic rings. The Balaban J connectivity index is 1.43. The highest BCUT2D eigenvalue weighted by Crippen LogP contribution is 2.60. The van der Waals surface area contributed by atoms with Gasteiger partial charge in [0.1, 0.15) is 0 Å². The third kappa shape index (κ3) is 2.66. The molecule has 6 atom stereocenters. The lowest BCUT2D eigenvalue weighted by Gasteiger charge is -2.45. The van der Waals surface area contributed by atoms with Crippen LogP contribution < -0.4 is 0 Å². The number of hydrogen-bond acceptors (Lipinski definition) is 0. The van der Waals surface area contributed by atoms with Crippen LogP contribution in [0.1, 0.15) is 65.2 Å². The summed E-state index contributed by atoms with van der Waals surface area (Å²) >= 11 is 2.70. The lowest BCUT2D eigenvalue weighted by molar-refractivity contribution is 0.176. The van der Waals surface area contributed by atoms with E-state index in [9.17, 15) is 0 Å². The van der Waals surface area contributed by atoms with Crippen molar-refractivity contribution in [1.29, 1.82) is 0 Å². The van der Waals surface area contributed by atoms with Gasteiger partial charge in [-0.15, -0.1) is 0 Å². The van der Waals surface area contributed by atoms with E-state index in [0.717, 1.165) is 33.5 Å². The van der Waals surface area contributed by atoms with Gasteiger partial charge in [-0.3, -0.25) is 0 Å². The summed E-state index contributed by atoms with van der Waals surface area (Å²) in [5.41, 5.74) is 5.73. The first-order chi connectivity index (χ1) is 12.6. The molecule has 0 bridgehead atoms. The Kier molecular flexibility index (Phi) is 4.54. The maximum atomic E-state index is 2.70. The number of fused-ring (bicyclic) bond motifs is 3. The number of allylic oxidation sites excluding steroid dienone is 8. The van der Waals surface area contributed by atoms with Crippen LogP contribution in [0.5, 0.6) is 0 Å². The molecule has 1 saturated carbocycles. The fraction of sp³-hybridized carbons (Fsp3) is 0.680. The Hall–Kier alpha value is -0.310. The second-order valence-corrected chi connectivity index (χ2v) is 11.4. The average molecular weight is 460 g/mol. The van der Waals surface area contributed by atoms with Crippen LogP contribution in [-0.4, -0.2) is 3.92 Å². The molecule has 0 aliphatic heterocycles. The first kappa shape index (κ1) is 17.8. The van der Waals surface area contributed by atoms with Gasteiger partial charge in [-0.05, 0) is 73.2 Å². The van der Waals surface area contributed by atoms with Crippen LogP contribution in [0.15, 0.2) is 47.1 Å². The van der Waals surface area contributed by atoms with Crippen LogP contribution in [0.4, 0.5) is 0 Å². The van der Waals surface area contributed by atoms with Crippen LogP contribution in [0.2, 0.25) is 0 Å². The van der Waals surface area contributed by atoms with Crippen molar-refractivity contribution in [3.63, 3.8) is 0 Å². The summed E-state index contributed by atoms with van der Waals surface area (Å²) in [4.78, 5) is 0. The van der Waals surface area contributed by atoms with E-state index in [4.69, 9.17) is 0 Å². The van der Waals surface area contributed by atoms with E-state index >= 15 is 0 Å². The third-order valence-corrected chi connectivity index (χ3v) is 9.90. The quantitative estimate of drug-likeness (QED) is 0.217. The Morgan fingerprint density at radius 1 is 1.08 bits per heavy atom. The SMILES string of the molecule is CC1(C)C2=C(C=CCC2)[C@H]2CC=C(C3C=CC(I)C4CCCCC34)CC21. The highest BCUT2D eigenvalue weighted by atomic mass is 127. The molecule has 1 fully saturated rings. The Labute approximate surface area is 173 Å². The fourth-order valence-corrected chi connectivity index (χ4v) is 8.32. The van der Waals surface area contributed by atoms with Gasteiger partial charge >= 0.3 is 0 Å². The van der Waals surface area contributed by atoms with Gasteiger partial charge in [0.15, 0.2) is 0 Å². The minimum Gasteiger partial charge on any atom is -0.0841 e. The predicted octanol–water partition coefficient (Wildman–Crippen LogP) is 7.42. The van der Waals surface area contributed by atoms with Crippen LogP contribution in [0.25, 0.3) is 0 Å². The average Bonchev–Trinajstić information content (AvgIpc) is 2.90. The zero-order valence-corrected chi connectivity index (χ0v) is 18.5. The van der Waals surface area contributed by atoms with E-state index in [1.54, 1.807) is 16.7 Å². The number of halogens is 1. The summed E-state index contributed by atoms with van der Waals surface area (Å²) in [6, 6.07) is 0. The summed E-state index contributed by atoms with van der Waals surface area (Å²) in [7, 11) is 0. The van der Waals surface area contributed by atoms with Crippen molar-refractivity contribution >= 4 is 22.6 Å². The minimum atomic E-state index is 0.403. The lowest BCUT2D eigenvalue weighted by Crippen LogP contribution is -2.37. The molecular weight excluding hydrogens is 427 g/mol. The van der Waals surface area contributed by atoms with Crippen molar-refractivity contribution in [2.45, 2.75) is 69.1 Å². The molecule has 0 heterocycles. The Bertz CT molecular complexity index is 704. The van der Waals surface area contributed by atoms with Crippen molar-refractivity contribution in [3.05, 3.63) is 47.1 Å². The van der Waals surface area contributed by atoms with Gasteiger partial charge in [-0.25, -0.2) is 0 Å². The zero-order valence-electron chi connectivity index (χ0n) is 16.4. The molecule has 0 aromatic rings. The van der Waals surface area contributed by atoms with E-state index in [-0.39, 0.29) is 0 Å². The minimum absolute atomic E-state index is 0.403. The standard InChI is InChI=1S/C25H33I/c1-25(2)22-10-6-5-8-19(22)20-12-11-16(15-23(20)25)17-13-14-24(26)21-9-4-3-7-18(17)21/h5,8,11,13-14,17-18,20-21,23-24H,3-4,6-7,9-10,12,15H2,1-2H3/t17?,18?,20-,21?,23?,24?/m1/s1. The molecule has 5 unspecified atom stereocenters. The van der Waals surface area contributed by atoms with Crippen molar-refractivity contribution < 1.29 is 0 Å². The number of alkyl halides is 1. The lowest BCUT2D eigenvalue weighted by atomic mass is 9.61. The number of rotatable bonds is 1. The molecule has 0 N–H and O–H groups in total. The summed E-state index contributed by atoms with van der Waals surface area (Å²) in [5.74, 6) is 4.24. The van der Waals surface area contributed by atoms with Crippen LogP contribution in [-0.2, 0) is 0 Å². The summed E-state index contributed by atoms with van der Waals surface area (Å²) < 4.78 is 0.771. The Morgan fingerprint density at radius 3 is 2.73 bits per heavy atom. The molecule has 0 aromatic heterocycles. The van der Waals surface area contributed by atoms with E-state index < -0.39 is 0 Å². The van der Waals surface area contributed by atoms with Gasteiger partial charge < -0.3 is 0 Å². The molecule has 140 valence electrons. The molecule has 0 amide bonds. The van der Waals surface area contributed by atoms with E-state index in [0.29, 0.717) is 5.41 Å². The van der Waals surface area contributed by atoms with Crippen molar-refractivity contribution in [2.75, 3.05) is 0 Å². The second kappa shape index (κ2) is 6.64. The molecule has 0 radical (unpaired) electrons. The first-order valence-electron chi connectivity index (χ1n) is 11.0. The van der Waals surface area contributed by atoms with Gasteiger partial charge in [0.05, 0.1) is 0 Å². The van der Waals surface area contributed by atoms with E-state index in [1.807, 2.05) is 0 Å². The second-order valence-electron chi connectivity index (χ2n) is 10.00. The van der Waals surface area contributed by atoms with Gasteiger partial charge in [0.2, 0.25) is 0 Å². The molecule has 5 rings (SSSR count). The van der Waals surface area contributed by atoms with E-state index in [2.05, 4.69) is 66.8 Å². The van der Waals surface area contributed by atoms with Crippen molar-refractivity contribution in [3.8, 4) is 0 Å². The fourth-order valence-electron chi connectivity index (χ4n) is 7.18. The topological polar surface area (TPSA) is 0 Å². The predicted molar refractivity (Wildman–Crippen MR) is 119 cm³/mol. The Morgan fingerprint density at radius 2 is 1.88 bits per heavy atom. The molecular formula is C25H33I. The highest BCUT2D eigenvalue weighted by molar-refractivity contribution is 14.1. The van der Waals surface area contributed by atoms with Crippen LogP contribution >= 0.6 is 22.6 Å². The highest BCUT2D eigenvalue weighted by Gasteiger charge is 2.49. The van der Waals surface area contributed by atoms with Crippen LogP contribution in [0.3, 0.4) is 0 Å². The summed E-state index contributed by atoms with van der Waals surface area (Å²) in [5, 5.41) is 0. The maximum Gasteiger partial charge on any atom is 0.0320 e. The molecule has 0 nitrogen and oxygen atoms in total. The maximum absolute atomic E-state index is 2.70. The molecule has 5 aliphatic carbocycles. The first-order valence-corrected chi connectivity index (χ1v) is 12.2. The molecule has 26 heavy (non-hydrogen) atoms. The normalized spacial score (nSPS) is 43.6. The summed E-state index contributed by atoms with van der Waals surface area (Å²) in [6.45, 7) is 5.10. The van der Waals surface area contributed by atoms with Crippen LogP contribution in [0, 0.1) is 35.0 Å². The van der Waals surface area contributed by atoms with E-state index in [1.165, 1.54) is 51.4 Å². The largest absolute Gasteiger partial charge is 0.0841 e.